The van der Waals surface area contributed by atoms with E-state index in [1.807, 2.05) is 21.1 Å². The number of esters is 1. The van der Waals surface area contributed by atoms with Crippen LogP contribution in [-0.2, 0) is 27.9 Å². The van der Waals surface area contributed by atoms with Gasteiger partial charge in [0.1, 0.15) is 19.3 Å². The summed E-state index contributed by atoms with van der Waals surface area (Å²) >= 11 is 0. The number of hydrogen-bond donors (Lipinski definition) is 0. The van der Waals surface area contributed by atoms with Gasteiger partial charge in [0.2, 0.25) is 0 Å². The van der Waals surface area contributed by atoms with Gasteiger partial charge >= 0.3 is 5.97 Å². The van der Waals surface area contributed by atoms with Gasteiger partial charge in [0.15, 0.2) is 0 Å². The smallest absolute Gasteiger partial charge is 0.306 e. The summed E-state index contributed by atoms with van der Waals surface area (Å²) in [4.78, 5) is 24.8. The zero-order chi connectivity index (χ0) is 37.0. The van der Waals surface area contributed by atoms with Crippen LogP contribution in [-0.4, -0.2) is 70.7 Å². The standard InChI is InChI=1S/C41H80NO7P/c1-6-8-10-12-14-16-17-18-19-20-21-22-23-24-25-26-27-29-31-33-36-46-38-40(39-48-50(44,45)47-37-35-42(3,4)5)49-41(43)34-32-30-28-15-13-11-9-7-2/h14,16,18-19,40H,6-13,15,17,20-39H2,1-5H3/b16-14-,19-18-. The van der Waals surface area contributed by atoms with Crippen LogP contribution in [0.2, 0.25) is 0 Å². The van der Waals surface area contributed by atoms with E-state index in [4.69, 9.17) is 18.5 Å². The molecule has 296 valence electrons. The van der Waals surface area contributed by atoms with Gasteiger partial charge in [0.25, 0.3) is 7.82 Å². The number of hydrogen-bond acceptors (Lipinski definition) is 7. The third kappa shape index (κ3) is 38.2. The molecule has 9 heteroatoms. The second-order valence-electron chi connectivity index (χ2n) is 15.0. The molecule has 0 amide bonds. The van der Waals surface area contributed by atoms with Gasteiger partial charge in [0, 0.05) is 13.0 Å². The number of carbonyl (C=O) groups is 1. The molecular weight excluding hydrogens is 649 g/mol. The number of carbonyl (C=O) groups excluding carboxylic acids is 1. The molecule has 0 fully saturated rings. The first kappa shape index (κ1) is 49.0. The minimum atomic E-state index is -4.51. The van der Waals surface area contributed by atoms with Gasteiger partial charge in [-0.15, -0.1) is 0 Å². The van der Waals surface area contributed by atoms with Crippen LogP contribution in [0.3, 0.4) is 0 Å². The van der Waals surface area contributed by atoms with Crippen molar-refractivity contribution in [2.24, 2.45) is 0 Å². The lowest BCUT2D eigenvalue weighted by molar-refractivity contribution is -0.870. The maximum Gasteiger partial charge on any atom is 0.306 e. The van der Waals surface area contributed by atoms with Gasteiger partial charge in [-0.1, -0.05) is 147 Å². The lowest BCUT2D eigenvalue weighted by Crippen LogP contribution is -2.37. The van der Waals surface area contributed by atoms with Crippen molar-refractivity contribution in [1.82, 2.24) is 0 Å². The Morgan fingerprint density at radius 3 is 1.66 bits per heavy atom. The zero-order valence-electron chi connectivity index (χ0n) is 33.4. The summed E-state index contributed by atoms with van der Waals surface area (Å²) in [5.74, 6) is -0.340. The molecule has 0 aromatic rings. The van der Waals surface area contributed by atoms with E-state index in [1.165, 1.54) is 116 Å². The van der Waals surface area contributed by atoms with Crippen molar-refractivity contribution in [2.75, 3.05) is 54.1 Å². The van der Waals surface area contributed by atoms with E-state index in [2.05, 4.69) is 38.2 Å². The first-order valence-electron chi connectivity index (χ1n) is 20.6. The Bertz CT molecular complexity index is 858. The molecule has 0 heterocycles. The van der Waals surface area contributed by atoms with Gasteiger partial charge in [-0.3, -0.25) is 9.36 Å². The highest BCUT2D eigenvalue weighted by Gasteiger charge is 2.20. The molecule has 2 atom stereocenters. The van der Waals surface area contributed by atoms with E-state index in [1.54, 1.807) is 0 Å². The Morgan fingerprint density at radius 2 is 1.10 bits per heavy atom. The van der Waals surface area contributed by atoms with Crippen LogP contribution in [0, 0.1) is 0 Å². The maximum absolute atomic E-state index is 12.5. The van der Waals surface area contributed by atoms with Crippen LogP contribution < -0.4 is 4.89 Å². The minimum Gasteiger partial charge on any atom is -0.756 e. The Balaban J connectivity index is 4.12. The number of rotatable bonds is 38. The van der Waals surface area contributed by atoms with E-state index in [0.717, 1.165) is 38.5 Å². The van der Waals surface area contributed by atoms with Gasteiger partial charge in [-0.05, 0) is 44.9 Å². The maximum atomic E-state index is 12.5. The number of likely N-dealkylation sites (N-methyl/N-ethyl adjacent to an activating group) is 1. The molecule has 8 nitrogen and oxygen atoms in total. The van der Waals surface area contributed by atoms with Gasteiger partial charge in [-0.25, -0.2) is 0 Å². The quantitative estimate of drug-likeness (QED) is 0.0205. The van der Waals surface area contributed by atoms with E-state index in [0.29, 0.717) is 24.1 Å². The fourth-order valence-electron chi connectivity index (χ4n) is 5.52. The highest BCUT2D eigenvalue weighted by molar-refractivity contribution is 7.45. The summed E-state index contributed by atoms with van der Waals surface area (Å²) in [6.45, 7) is 5.36. The molecule has 0 radical (unpaired) electrons. The molecule has 0 N–H and O–H groups in total. The van der Waals surface area contributed by atoms with Crippen molar-refractivity contribution in [3.8, 4) is 0 Å². The van der Waals surface area contributed by atoms with Gasteiger partial charge < -0.3 is 27.9 Å². The monoisotopic (exact) mass is 730 g/mol. The zero-order valence-corrected chi connectivity index (χ0v) is 34.2. The van der Waals surface area contributed by atoms with Crippen molar-refractivity contribution in [2.45, 2.75) is 180 Å². The molecule has 2 unspecified atom stereocenters. The number of ether oxygens (including phenoxy) is 2. The number of allylic oxidation sites excluding steroid dienone is 4. The predicted molar refractivity (Wildman–Crippen MR) is 208 cm³/mol. The van der Waals surface area contributed by atoms with Crippen LogP contribution in [0.4, 0.5) is 0 Å². The number of phosphoric ester groups is 1. The summed E-state index contributed by atoms with van der Waals surface area (Å²) in [6.07, 6.45) is 37.7. The molecule has 0 aromatic heterocycles. The third-order valence-corrected chi connectivity index (χ3v) is 9.72. The van der Waals surface area contributed by atoms with E-state index >= 15 is 0 Å². The average molecular weight is 730 g/mol. The second kappa shape index (κ2) is 35.0. The third-order valence-electron chi connectivity index (χ3n) is 8.76. The van der Waals surface area contributed by atoms with Crippen molar-refractivity contribution >= 4 is 13.8 Å². The SMILES string of the molecule is CCCCC/C=C\C/C=C\CCCCCCCCCCCCOCC(COP(=O)([O-])OCC[N+](C)(C)C)OC(=O)CCCCCCCCCC. The topological polar surface area (TPSA) is 94.1 Å². The molecule has 0 aromatic carbocycles. The number of phosphoric acid groups is 1. The first-order chi connectivity index (χ1) is 24.1. The summed E-state index contributed by atoms with van der Waals surface area (Å²) in [7, 11) is 1.36. The first-order valence-corrected chi connectivity index (χ1v) is 22.0. The molecule has 0 aliphatic carbocycles. The van der Waals surface area contributed by atoms with E-state index in [-0.39, 0.29) is 25.8 Å². The van der Waals surface area contributed by atoms with Crippen LogP contribution >= 0.6 is 7.82 Å². The Labute approximate surface area is 309 Å². The highest BCUT2D eigenvalue weighted by Crippen LogP contribution is 2.38. The van der Waals surface area contributed by atoms with E-state index < -0.39 is 13.9 Å². The van der Waals surface area contributed by atoms with Crippen molar-refractivity contribution in [3.63, 3.8) is 0 Å². The fraction of sp³-hybridized carbons (Fsp3) is 0.878. The Hall–Kier alpha value is -1.02. The molecule has 0 rings (SSSR count). The van der Waals surface area contributed by atoms with Gasteiger partial charge in [0.05, 0.1) is 34.4 Å². The highest BCUT2D eigenvalue weighted by atomic mass is 31.2. The summed E-state index contributed by atoms with van der Waals surface area (Å²) < 4.78 is 34.4. The van der Waals surface area contributed by atoms with Crippen LogP contribution in [0.1, 0.15) is 174 Å². The Morgan fingerprint density at radius 1 is 0.620 bits per heavy atom. The van der Waals surface area contributed by atoms with Gasteiger partial charge in [-0.2, -0.15) is 0 Å². The summed E-state index contributed by atoms with van der Waals surface area (Å²) in [6, 6.07) is 0. The summed E-state index contributed by atoms with van der Waals surface area (Å²) in [5.41, 5.74) is 0. The molecule has 0 aliphatic heterocycles. The predicted octanol–water partition coefficient (Wildman–Crippen LogP) is 11.0. The molecule has 0 saturated carbocycles. The number of unbranched alkanes of at least 4 members (excludes halogenated alkanes) is 20. The number of nitrogens with zero attached hydrogens (tertiary/aromatic N) is 1. The largest absolute Gasteiger partial charge is 0.756 e. The van der Waals surface area contributed by atoms with Crippen molar-refractivity contribution in [3.05, 3.63) is 24.3 Å². The Kier molecular flexibility index (Phi) is 34.3. The van der Waals surface area contributed by atoms with Crippen LogP contribution in [0.15, 0.2) is 24.3 Å². The van der Waals surface area contributed by atoms with Crippen LogP contribution in [0.25, 0.3) is 0 Å². The van der Waals surface area contributed by atoms with Crippen molar-refractivity contribution < 1.29 is 37.3 Å². The molecule has 0 saturated heterocycles. The average Bonchev–Trinajstić information content (AvgIpc) is 3.06. The summed E-state index contributed by atoms with van der Waals surface area (Å²) in [5, 5.41) is 0. The lowest BCUT2D eigenvalue weighted by atomic mass is 10.1. The number of quaternary nitrogens is 1. The van der Waals surface area contributed by atoms with Crippen molar-refractivity contribution in [1.29, 1.82) is 0 Å². The van der Waals surface area contributed by atoms with Crippen LogP contribution in [0.5, 0.6) is 0 Å². The molecule has 50 heavy (non-hydrogen) atoms. The molecule has 0 bridgehead atoms. The lowest BCUT2D eigenvalue weighted by Gasteiger charge is -2.28. The van der Waals surface area contributed by atoms with E-state index in [9.17, 15) is 14.3 Å². The molecular formula is C41H80NO7P. The normalized spacial score (nSPS) is 14.1. The second-order valence-corrected chi connectivity index (χ2v) is 16.4. The molecule has 0 aliphatic rings. The fourth-order valence-corrected chi connectivity index (χ4v) is 6.25. The minimum absolute atomic E-state index is 0.0270. The molecule has 0 spiro atoms.